The van der Waals surface area contributed by atoms with Crippen molar-refractivity contribution < 1.29 is 0 Å². The van der Waals surface area contributed by atoms with Gasteiger partial charge in [0.15, 0.2) is 0 Å². The Kier molecular flexibility index (Phi) is 2.77. The molecule has 1 unspecified atom stereocenters. The van der Waals surface area contributed by atoms with Crippen molar-refractivity contribution in [1.29, 1.82) is 0 Å². The number of hydrogen-bond donors (Lipinski definition) is 1. The molecule has 1 nitrogen and oxygen atoms in total. The highest BCUT2D eigenvalue weighted by Crippen LogP contribution is 2.34. The van der Waals surface area contributed by atoms with Gasteiger partial charge in [0.1, 0.15) is 0 Å². The molecule has 0 bridgehead atoms. The summed E-state index contributed by atoms with van der Waals surface area (Å²) in [6.45, 7) is 2.82. The van der Waals surface area contributed by atoms with E-state index in [1.54, 1.807) is 11.3 Å². The van der Waals surface area contributed by atoms with E-state index < -0.39 is 0 Å². The van der Waals surface area contributed by atoms with Gasteiger partial charge in [-0.15, -0.1) is 11.3 Å². The maximum absolute atomic E-state index is 6.09. The van der Waals surface area contributed by atoms with Crippen molar-refractivity contribution in [2.24, 2.45) is 5.73 Å². The summed E-state index contributed by atoms with van der Waals surface area (Å²) in [4.78, 5) is 1.32. The van der Waals surface area contributed by atoms with E-state index in [4.69, 9.17) is 17.3 Å². The largest absolute Gasteiger partial charge is 0.330 e. The van der Waals surface area contributed by atoms with Gasteiger partial charge >= 0.3 is 0 Å². The molecule has 0 saturated carbocycles. The first-order chi connectivity index (χ1) is 6.72. The quantitative estimate of drug-likeness (QED) is 0.830. The fourth-order valence-electron chi connectivity index (χ4n) is 1.40. The lowest BCUT2D eigenvalue weighted by atomic mass is 10.1. The van der Waals surface area contributed by atoms with Crippen molar-refractivity contribution in [2.75, 3.05) is 6.54 Å². The molecule has 0 spiro atoms. The maximum atomic E-state index is 6.09. The Hall–Kier alpha value is -0.570. The predicted molar refractivity (Wildman–Crippen MR) is 64.3 cm³/mol. The Balaban J connectivity index is 2.56. The first kappa shape index (κ1) is 9.97. The zero-order valence-electron chi connectivity index (χ0n) is 7.96. The lowest BCUT2D eigenvalue weighted by Crippen LogP contribution is -2.06. The lowest BCUT2D eigenvalue weighted by Gasteiger charge is -2.02. The van der Waals surface area contributed by atoms with Crippen molar-refractivity contribution >= 4 is 33.0 Å². The van der Waals surface area contributed by atoms with Crippen molar-refractivity contribution in [3.05, 3.63) is 34.2 Å². The number of nitrogens with two attached hydrogens (primary N) is 1. The van der Waals surface area contributed by atoms with E-state index in [9.17, 15) is 0 Å². The topological polar surface area (TPSA) is 26.0 Å². The second-order valence-electron chi connectivity index (χ2n) is 3.44. The van der Waals surface area contributed by atoms with Crippen molar-refractivity contribution in [3.63, 3.8) is 0 Å². The molecule has 74 valence electrons. The van der Waals surface area contributed by atoms with Gasteiger partial charge in [0.2, 0.25) is 0 Å². The van der Waals surface area contributed by atoms with Gasteiger partial charge in [-0.1, -0.05) is 24.6 Å². The van der Waals surface area contributed by atoms with E-state index in [0.29, 0.717) is 12.5 Å². The fraction of sp³-hybridized carbons (Fsp3) is 0.273. The van der Waals surface area contributed by atoms with Crippen LogP contribution in [0.1, 0.15) is 17.7 Å². The van der Waals surface area contributed by atoms with Crippen LogP contribution in [0.5, 0.6) is 0 Å². The van der Waals surface area contributed by atoms with Crippen LogP contribution in [0, 0.1) is 0 Å². The second-order valence-corrected chi connectivity index (χ2v) is 4.96. The molecule has 0 aliphatic rings. The summed E-state index contributed by atoms with van der Waals surface area (Å²) in [5.41, 5.74) is 5.64. The highest BCUT2D eigenvalue weighted by Gasteiger charge is 2.09. The molecule has 0 fully saturated rings. The van der Waals surface area contributed by atoms with E-state index in [1.807, 2.05) is 12.1 Å². The van der Waals surface area contributed by atoms with Gasteiger partial charge in [-0.05, 0) is 24.7 Å². The molecule has 1 atom stereocenters. The first-order valence-corrected chi connectivity index (χ1v) is 5.80. The Morgan fingerprint density at radius 2 is 2.29 bits per heavy atom. The van der Waals surface area contributed by atoms with E-state index >= 15 is 0 Å². The molecule has 2 aromatic rings. The molecule has 0 amide bonds. The molecule has 1 aromatic heterocycles. The van der Waals surface area contributed by atoms with Crippen LogP contribution in [-0.2, 0) is 0 Å². The normalized spacial score (nSPS) is 13.4. The Labute approximate surface area is 92.5 Å². The van der Waals surface area contributed by atoms with E-state index in [-0.39, 0.29) is 0 Å². The van der Waals surface area contributed by atoms with Crippen LogP contribution in [0.3, 0.4) is 0 Å². The maximum Gasteiger partial charge on any atom is 0.0492 e. The third-order valence-electron chi connectivity index (χ3n) is 2.37. The van der Waals surface area contributed by atoms with E-state index in [2.05, 4.69) is 19.1 Å². The molecule has 1 aromatic carbocycles. The average molecular weight is 226 g/mol. The van der Waals surface area contributed by atoms with Crippen molar-refractivity contribution in [2.45, 2.75) is 12.8 Å². The molecule has 0 radical (unpaired) electrons. The predicted octanol–water partition coefficient (Wildman–Crippen LogP) is 3.62. The molecule has 1 heterocycles. The molecule has 0 saturated heterocycles. The molecule has 0 aliphatic heterocycles. The molecule has 2 rings (SSSR count). The molecular formula is C11H12ClNS. The molecular weight excluding hydrogens is 214 g/mol. The minimum atomic E-state index is 0.420. The Morgan fingerprint density at radius 3 is 2.93 bits per heavy atom. The summed E-state index contributed by atoms with van der Waals surface area (Å²) in [7, 11) is 0. The van der Waals surface area contributed by atoms with Crippen molar-refractivity contribution in [3.8, 4) is 0 Å². The zero-order chi connectivity index (χ0) is 10.1. The standard InChI is InChI=1S/C11H12ClNS/c1-7(6-13)11-5-8-9(12)3-2-4-10(8)14-11/h2-5,7H,6,13H2,1H3. The number of rotatable bonds is 2. The number of halogens is 1. The third kappa shape index (κ3) is 1.65. The minimum absolute atomic E-state index is 0.420. The Morgan fingerprint density at radius 1 is 1.50 bits per heavy atom. The number of benzene rings is 1. The van der Waals surface area contributed by atoms with Crippen molar-refractivity contribution in [1.82, 2.24) is 0 Å². The summed E-state index contributed by atoms with van der Waals surface area (Å²) in [6, 6.07) is 8.16. The van der Waals surface area contributed by atoms with E-state index in [0.717, 1.165) is 10.4 Å². The fourth-order valence-corrected chi connectivity index (χ4v) is 2.84. The van der Waals surface area contributed by atoms with Gasteiger partial charge in [0.05, 0.1) is 0 Å². The molecule has 2 N–H and O–H groups in total. The third-order valence-corrected chi connectivity index (χ3v) is 4.03. The average Bonchev–Trinajstić information content (AvgIpc) is 2.62. The van der Waals surface area contributed by atoms with Gasteiger partial charge in [0, 0.05) is 25.9 Å². The molecule has 0 aliphatic carbocycles. The van der Waals surface area contributed by atoms with Gasteiger partial charge in [0.25, 0.3) is 0 Å². The number of thiophene rings is 1. The van der Waals surface area contributed by atoms with Crippen LogP contribution >= 0.6 is 22.9 Å². The van der Waals surface area contributed by atoms with Gasteiger partial charge in [-0.25, -0.2) is 0 Å². The molecule has 3 heteroatoms. The van der Waals surface area contributed by atoms with Gasteiger partial charge in [-0.2, -0.15) is 0 Å². The van der Waals surface area contributed by atoms with Crippen LogP contribution in [0.2, 0.25) is 5.02 Å². The number of fused-ring (bicyclic) bond motifs is 1. The zero-order valence-corrected chi connectivity index (χ0v) is 9.53. The minimum Gasteiger partial charge on any atom is -0.330 e. The first-order valence-electron chi connectivity index (χ1n) is 4.60. The summed E-state index contributed by atoms with van der Waals surface area (Å²) >= 11 is 7.87. The monoisotopic (exact) mass is 225 g/mol. The van der Waals surface area contributed by atoms with Gasteiger partial charge < -0.3 is 5.73 Å². The van der Waals surface area contributed by atoms with Crippen LogP contribution in [0.4, 0.5) is 0 Å². The highest BCUT2D eigenvalue weighted by molar-refractivity contribution is 7.19. The summed E-state index contributed by atoms with van der Waals surface area (Å²) < 4.78 is 1.24. The highest BCUT2D eigenvalue weighted by atomic mass is 35.5. The summed E-state index contributed by atoms with van der Waals surface area (Å²) in [5.74, 6) is 0.420. The van der Waals surface area contributed by atoms with E-state index in [1.165, 1.54) is 9.58 Å². The van der Waals surface area contributed by atoms with Crippen LogP contribution in [0.25, 0.3) is 10.1 Å². The molecule has 14 heavy (non-hydrogen) atoms. The lowest BCUT2D eigenvalue weighted by molar-refractivity contribution is 0.790. The Bertz CT molecular complexity index is 449. The van der Waals surface area contributed by atoms with Gasteiger partial charge in [-0.3, -0.25) is 0 Å². The van der Waals surface area contributed by atoms with Crippen LogP contribution in [-0.4, -0.2) is 6.54 Å². The number of hydrogen-bond acceptors (Lipinski definition) is 2. The summed E-state index contributed by atoms with van der Waals surface area (Å²) in [6.07, 6.45) is 0. The van der Waals surface area contributed by atoms with Crippen LogP contribution < -0.4 is 5.73 Å². The SMILES string of the molecule is CC(CN)c1cc2c(Cl)cccc2s1. The second kappa shape index (κ2) is 3.89. The summed E-state index contributed by atoms with van der Waals surface area (Å²) in [5, 5.41) is 1.98. The smallest absolute Gasteiger partial charge is 0.0492 e. The van der Waals surface area contributed by atoms with Crippen LogP contribution in [0.15, 0.2) is 24.3 Å².